The molecule has 0 saturated carbocycles. The predicted molar refractivity (Wildman–Crippen MR) is 79.4 cm³/mol. The maximum atomic E-state index is 13.9. The van der Waals surface area contributed by atoms with Crippen LogP contribution in [0.1, 0.15) is 11.1 Å². The molecule has 0 aliphatic heterocycles. The number of pyridine rings is 1. The van der Waals surface area contributed by atoms with Gasteiger partial charge in [0.05, 0.1) is 0 Å². The molecule has 0 aliphatic carbocycles. The molecule has 0 bridgehead atoms. The molecule has 0 fully saturated rings. The van der Waals surface area contributed by atoms with E-state index in [0.717, 1.165) is 11.6 Å². The van der Waals surface area contributed by atoms with Crippen molar-refractivity contribution in [2.75, 3.05) is 11.9 Å². The first-order valence-electron chi connectivity index (χ1n) is 6.37. The molecule has 1 aromatic heterocycles. The molecule has 1 heterocycles. The van der Waals surface area contributed by atoms with Crippen LogP contribution in [0.3, 0.4) is 0 Å². The topological polar surface area (TPSA) is 53.4 Å². The van der Waals surface area contributed by atoms with Gasteiger partial charge in [-0.05, 0) is 35.9 Å². The van der Waals surface area contributed by atoms with Crippen LogP contribution in [0.4, 0.5) is 10.1 Å². The number of aromatic nitrogens is 1. The van der Waals surface area contributed by atoms with Crippen molar-refractivity contribution < 1.29 is 14.3 Å². The Bertz CT molecular complexity index is 657. The van der Waals surface area contributed by atoms with E-state index >= 15 is 0 Å². The number of hydrogen-bond acceptors (Lipinski definition) is 3. The lowest BCUT2D eigenvalue weighted by molar-refractivity contribution is -0.131. The molecule has 0 atom stereocenters. The average molecular weight is 286 g/mol. The van der Waals surface area contributed by atoms with Gasteiger partial charge in [-0.2, -0.15) is 0 Å². The molecule has 0 aliphatic rings. The van der Waals surface area contributed by atoms with Crippen LogP contribution in [0.5, 0.6) is 0 Å². The highest BCUT2D eigenvalue weighted by molar-refractivity contribution is 5.87. The van der Waals surface area contributed by atoms with E-state index in [2.05, 4.69) is 4.98 Å². The number of carbonyl (C=O) groups is 1. The highest BCUT2D eigenvalue weighted by Gasteiger charge is 2.10. The fourth-order valence-electron chi connectivity index (χ4n) is 2.03. The summed E-state index contributed by atoms with van der Waals surface area (Å²) in [6, 6.07) is 8.42. The second-order valence-corrected chi connectivity index (χ2v) is 4.56. The summed E-state index contributed by atoms with van der Waals surface area (Å²) in [5, 5.41) is 8.70. The Morgan fingerprint density at radius 1 is 1.33 bits per heavy atom. The molecule has 4 nitrogen and oxygen atoms in total. The highest BCUT2D eigenvalue weighted by Crippen LogP contribution is 2.25. The van der Waals surface area contributed by atoms with Crippen LogP contribution in [0.15, 0.2) is 48.8 Å². The molecular weight excluding hydrogens is 271 g/mol. The lowest BCUT2D eigenvalue weighted by Crippen LogP contribution is -2.17. The van der Waals surface area contributed by atoms with Crippen LogP contribution in [-0.4, -0.2) is 23.1 Å². The van der Waals surface area contributed by atoms with Gasteiger partial charge in [0.1, 0.15) is 5.82 Å². The maximum Gasteiger partial charge on any atom is 0.328 e. The van der Waals surface area contributed by atoms with Gasteiger partial charge in [-0.15, -0.1) is 0 Å². The third-order valence-electron chi connectivity index (χ3n) is 3.00. The zero-order chi connectivity index (χ0) is 15.2. The third kappa shape index (κ3) is 3.89. The molecule has 5 heteroatoms. The summed E-state index contributed by atoms with van der Waals surface area (Å²) in [6.07, 6.45) is 5.60. The molecule has 0 radical (unpaired) electrons. The van der Waals surface area contributed by atoms with Gasteiger partial charge in [-0.25, -0.2) is 9.18 Å². The van der Waals surface area contributed by atoms with Crippen molar-refractivity contribution in [3.05, 3.63) is 65.7 Å². The number of nitrogens with zero attached hydrogens (tertiary/aromatic N) is 2. The Labute approximate surface area is 122 Å². The van der Waals surface area contributed by atoms with Crippen molar-refractivity contribution in [1.82, 2.24) is 4.98 Å². The molecule has 0 amide bonds. The van der Waals surface area contributed by atoms with E-state index in [4.69, 9.17) is 5.11 Å². The molecule has 0 saturated heterocycles. The minimum absolute atomic E-state index is 0.261. The Kier molecular flexibility index (Phi) is 4.66. The van der Waals surface area contributed by atoms with Crippen LogP contribution >= 0.6 is 0 Å². The molecule has 1 N–H and O–H groups in total. The fraction of sp³-hybridized carbons (Fsp3) is 0.125. The van der Waals surface area contributed by atoms with Gasteiger partial charge in [0.15, 0.2) is 0 Å². The number of rotatable bonds is 5. The van der Waals surface area contributed by atoms with E-state index < -0.39 is 11.8 Å². The Hall–Kier alpha value is -2.69. The van der Waals surface area contributed by atoms with Gasteiger partial charge in [-0.1, -0.05) is 6.07 Å². The highest BCUT2D eigenvalue weighted by atomic mass is 19.1. The average Bonchev–Trinajstić information content (AvgIpc) is 2.46. The fourth-order valence-corrected chi connectivity index (χ4v) is 2.03. The summed E-state index contributed by atoms with van der Waals surface area (Å²) < 4.78 is 13.9. The van der Waals surface area contributed by atoms with Gasteiger partial charge >= 0.3 is 5.97 Å². The molecule has 2 rings (SSSR count). The normalized spacial score (nSPS) is 10.8. The second kappa shape index (κ2) is 6.65. The number of anilines is 1. The zero-order valence-electron chi connectivity index (χ0n) is 11.5. The summed E-state index contributed by atoms with van der Waals surface area (Å²) in [6.45, 7) is 0.569. The van der Waals surface area contributed by atoms with Crippen molar-refractivity contribution in [3.63, 3.8) is 0 Å². The van der Waals surface area contributed by atoms with Gasteiger partial charge in [0.25, 0.3) is 0 Å². The Morgan fingerprint density at radius 2 is 2.05 bits per heavy atom. The first kappa shape index (κ1) is 14.7. The molecule has 2 aromatic rings. The SMILES string of the molecule is CN(Cc1ccncc1)c1cccc(F)c1/C=C/C(=O)O. The first-order chi connectivity index (χ1) is 10.1. The summed E-state index contributed by atoms with van der Waals surface area (Å²) >= 11 is 0. The number of carboxylic acids is 1. The van der Waals surface area contributed by atoms with E-state index in [-0.39, 0.29) is 5.56 Å². The lowest BCUT2D eigenvalue weighted by atomic mass is 10.1. The monoisotopic (exact) mass is 286 g/mol. The summed E-state index contributed by atoms with van der Waals surface area (Å²) in [5.41, 5.74) is 1.92. The van der Waals surface area contributed by atoms with Crippen LogP contribution in [-0.2, 0) is 11.3 Å². The van der Waals surface area contributed by atoms with E-state index in [1.165, 1.54) is 12.1 Å². The summed E-state index contributed by atoms with van der Waals surface area (Å²) in [4.78, 5) is 16.4. The van der Waals surface area contributed by atoms with Crippen LogP contribution < -0.4 is 4.90 Å². The number of benzene rings is 1. The van der Waals surface area contributed by atoms with Crippen LogP contribution in [0.2, 0.25) is 0 Å². The minimum atomic E-state index is -1.11. The largest absolute Gasteiger partial charge is 0.478 e. The van der Waals surface area contributed by atoms with Crippen molar-refractivity contribution in [1.29, 1.82) is 0 Å². The van der Waals surface area contributed by atoms with E-state index in [9.17, 15) is 9.18 Å². The maximum absolute atomic E-state index is 13.9. The number of aliphatic carboxylic acids is 1. The van der Waals surface area contributed by atoms with Crippen molar-refractivity contribution in [2.45, 2.75) is 6.54 Å². The summed E-state index contributed by atoms with van der Waals surface area (Å²) in [7, 11) is 1.83. The quantitative estimate of drug-likeness (QED) is 0.859. The number of halogens is 1. The van der Waals surface area contributed by atoms with E-state index in [0.29, 0.717) is 12.2 Å². The molecule has 0 unspecified atom stereocenters. The summed E-state index contributed by atoms with van der Waals surface area (Å²) in [5.74, 6) is -1.56. The lowest BCUT2D eigenvalue weighted by Gasteiger charge is -2.21. The Balaban J connectivity index is 2.30. The molecule has 108 valence electrons. The Morgan fingerprint density at radius 3 is 2.71 bits per heavy atom. The van der Waals surface area contributed by atoms with Gasteiger partial charge < -0.3 is 10.0 Å². The third-order valence-corrected chi connectivity index (χ3v) is 3.00. The first-order valence-corrected chi connectivity index (χ1v) is 6.37. The van der Waals surface area contributed by atoms with E-state index in [1.54, 1.807) is 24.5 Å². The molecule has 21 heavy (non-hydrogen) atoms. The second-order valence-electron chi connectivity index (χ2n) is 4.56. The minimum Gasteiger partial charge on any atom is -0.478 e. The smallest absolute Gasteiger partial charge is 0.328 e. The van der Waals surface area contributed by atoms with Crippen LogP contribution in [0, 0.1) is 5.82 Å². The van der Waals surface area contributed by atoms with Gasteiger partial charge in [0.2, 0.25) is 0 Å². The molecule has 1 aromatic carbocycles. The van der Waals surface area contributed by atoms with Gasteiger partial charge in [0, 0.05) is 43.3 Å². The zero-order valence-corrected chi connectivity index (χ0v) is 11.5. The number of hydrogen-bond donors (Lipinski definition) is 1. The molecular formula is C16H15FN2O2. The standard InChI is InChI=1S/C16H15FN2O2/c1-19(11-12-7-9-18-10-8-12)15-4-2-3-14(17)13(15)5-6-16(20)21/h2-10H,11H2,1H3,(H,20,21)/b6-5+. The van der Waals surface area contributed by atoms with Crippen molar-refractivity contribution >= 4 is 17.7 Å². The van der Waals surface area contributed by atoms with Crippen LogP contribution in [0.25, 0.3) is 6.08 Å². The predicted octanol–water partition coefficient (Wildman–Crippen LogP) is 2.95. The van der Waals surface area contributed by atoms with E-state index in [1.807, 2.05) is 24.1 Å². The number of carboxylic acid groups (broad SMARTS) is 1. The van der Waals surface area contributed by atoms with Crippen molar-refractivity contribution in [2.24, 2.45) is 0 Å². The molecule has 0 spiro atoms. The van der Waals surface area contributed by atoms with Crippen molar-refractivity contribution in [3.8, 4) is 0 Å². The van der Waals surface area contributed by atoms with Gasteiger partial charge in [-0.3, -0.25) is 4.98 Å².